The molecule has 1 aromatic carbocycles. The van der Waals surface area contributed by atoms with Gasteiger partial charge in [0.25, 0.3) is 0 Å². The number of nitrogens with zero attached hydrogens (tertiary/aromatic N) is 2. The van der Waals surface area contributed by atoms with E-state index in [9.17, 15) is 0 Å². The van der Waals surface area contributed by atoms with Crippen LogP contribution in [0.4, 0.5) is 0 Å². The van der Waals surface area contributed by atoms with Gasteiger partial charge in [-0.1, -0.05) is 12.1 Å². The van der Waals surface area contributed by atoms with Crippen molar-refractivity contribution in [1.29, 1.82) is 0 Å². The molecule has 0 spiro atoms. The Hall–Kier alpha value is -0.880. The maximum atomic E-state index is 5.64. The second kappa shape index (κ2) is 6.52. The molecule has 2 N–H and O–H groups in total. The normalized spacial score (nSPS) is 12.9. The molecule has 1 unspecified atom stereocenters. The van der Waals surface area contributed by atoms with Crippen LogP contribution >= 0.6 is 23.1 Å². The van der Waals surface area contributed by atoms with E-state index in [1.807, 2.05) is 5.38 Å². The molecule has 0 aliphatic carbocycles. The molecule has 1 heterocycles. The molecule has 19 heavy (non-hydrogen) atoms. The minimum absolute atomic E-state index is 0.196. The third kappa shape index (κ3) is 3.36. The fraction of sp³-hybridized carbons (Fsp3) is 0.357. The summed E-state index contributed by atoms with van der Waals surface area (Å²) >= 11 is 3.44. The van der Waals surface area contributed by atoms with Gasteiger partial charge in [-0.05, 0) is 38.0 Å². The van der Waals surface area contributed by atoms with E-state index in [1.165, 1.54) is 10.5 Å². The summed E-state index contributed by atoms with van der Waals surface area (Å²) < 4.78 is 0. The molecule has 2 aromatic rings. The Morgan fingerprint density at radius 2 is 2.00 bits per heavy atom. The van der Waals surface area contributed by atoms with Crippen molar-refractivity contribution in [3.63, 3.8) is 0 Å². The topological polar surface area (TPSA) is 42.1 Å². The highest BCUT2D eigenvalue weighted by Crippen LogP contribution is 2.30. The minimum atomic E-state index is 0.196. The molecule has 0 fully saturated rings. The van der Waals surface area contributed by atoms with Crippen LogP contribution in [0.2, 0.25) is 0 Å². The number of nitrogens with two attached hydrogens (primary N) is 1. The molecule has 0 aliphatic heterocycles. The van der Waals surface area contributed by atoms with Crippen LogP contribution < -0.4 is 5.73 Å². The van der Waals surface area contributed by atoms with Crippen LogP contribution in [0.3, 0.4) is 0 Å². The first-order valence-electron chi connectivity index (χ1n) is 6.10. The summed E-state index contributed by atoms with van der Waals surface area (Å²) in [7, 11) is 4.16. The summed E-state index contributed by atoms with van der Waals surface area (Å²) in [4.78, 5) is 8.08. The summed E-state index contributed by atoms with van der Waals surface area (Å²) in [5.41, 5.74) is 7.87. The van der Waals surface area contributed by atoms with Crippen LogP contribution in [-0.4, -0.2) is 30.2 Å². The number of hydrogen-bond donors (Lipinski definition) is 1. The largest absolute Gasteiger partial charge is 0.325 e. The first-order valence-corrected chi connectivity index (χ1v) is 8.21. The van der Waals surface area contributed by atoms with Gasteiger partial charge in [0.05, 0.1) is 11.7 Å². The van der Waals surface area contributed by atoms with E-state index < -0.39 is 0 Å². The van der Waals surface area contributed by atoms with Crippen molar-refractivity contribution < 1.29 is 0 Å². The summed E-state index contributed by atoms with van der Waals surface area (Å²) in [5.74, 6) is 0. The fourth-order valence-electron chi connectivity index (χ4n) is 1.99. The van der Waals surface area contributed by atoms with Crippen LogP contribution in [0.15, 0.2) is 34.5 Å². The molecule has 0 saturated heterocycles. The number of thioether (sulfide) groups is 1. The molecule has 0 aliphatic rings. The lowest BCUT2D eigenvalue weighted by molar-refractivity contribution is 0.341. The third-order valence-electron chi connectivity index (χ3n) is 2.96. The Bertz CT molecular complexity index is 520. The quantitative estimate of drug-likeness (QED) is 0.861. The van der Waals surface area contributed by atoms with E-state index in [4.69, 9.17) is 5.73 Å². The first kappa shape index (κ1) is 14.5. The van der Waals surface area contributed by atoms with Gasteiger partial charge in [-0.15, -0.1) is 23.1 Å². The van der Waals surface area contributed by atoms with Crippen LogP contribution in [0, 0.1) is 0 Å². The minimum Gasteiger partial charge on any atom is -0.325 e. The van der Waals surface area contributed by atoms with E-state index in [1.54, 1.807) is 23.1 Å². The van der Waals surface area contributed by atoms with Crippen LogP contribution in [0.1, 0.15) is 22.3 Å². The number of rotatable bonds is 5. The number of thiazole rings is 1. The summed E-state index contributed by atoms with van der Waals surface area (Å²) in [6, 6.07) is 8.88. The summed E-state index contributed by atoms with van der Waals surface area (Å²) in [5, 5.41) is 3.14. The van der Waals surface area contributed by atoms with Gasteiger partial charge in [-0.25, -0.2) is 4.98 Å². The Morgan fingerprint density at radius 1 is 1.32 bits per heavy atom. The Balaban J connectivity index is 2.33. The van der Waals surface area contributed by atoms with Gasteiger partial charge in [0.2, 0.25) is 0 Å². The Kier molecular flexibility index (Phi) is 4.99. The highest BCUT2D eigenvalue weighted by molar-refractivity contribution is 7.98. The first-order chi connectivity index (χ1) is 9.15. The van der Waals surface area contributed by atoms with Gasteiger partial charge in [-0.3, -0.25) is 4.90 Å². The maximum absolute atomic E-state index is 5.64. The molecule has 0 bridgehead atoms. The molecule has 102 valence electrons. The van der Waals surface area contributed by atoms with Gasteiger partial charge >= 0.3 is 0 Å². The van der Waals surface area contributed by atoms with Crippen molar-refractivity contribution >= 4 is 23.1 Å². The molecular weight excluding hydrogens is 274 g/mol. The second-order valence-corrected chi connectivity index (χ2v) is 6.29. The summed E-state index contributed by atoms with van der Waals surface area (Å²) in [6.45, 7) is 0.502. The second-order valence-electron chi connectivity index (χ2n) is 4.52. The zero-order chi connectivity index (χ0) is 13.8. The van der Waals surface area contributed by atoms with Gasteiger partial charge < -0.3 is 5.73 Å². The van der Waals surface area contributed by atoms with E-state index in [0.717, 1.165) is 10.7 Å². The molecule has 1 aromatic heterocycles. The van der Waals surface area contributed by atoms with E-state index >= 15 is 0 Å². The lowest BCUT2D eigenvalue weighted by atomic mass is 10.1. The predicted octanol–water partition coefficient (Wildman–Crippen LogP) is 2.97. The average molecular weight is 293 g/mol. The third-order valence-corrected chi connectivity index (χ3v) is 4.65. The molecule has 0 saturated carbocycles. The zero-order valence-electron chi connectivity index (χ0n) is 11.5. The Morgan fingerprint density at radius 3 is 2.47 bits per heavy atom. The lowest BCUT2D eigenvalue weighted by Gasteiger charge is -2.22. The Labute approximate surface area is 122 Å². The van der Waals surface area contributed by atoms with Gasteiger partial charge in [0.1, 0.15) is 5.01 Å². The SMILES string of the molecule is CSc1ccc(C(c2nc(CN)cs2)N(C)C)cc1. The molecule has 3 nitrogen and oxygen atoms in total. The standard InChI is InChI=1S/C14H19N3S2/c1-17(2)13(14-16-11(8-15)9-19-14)10-4-6-12(18-3)7-5-10/h4-7,9,13H,8,15H2,1-3H3. The van der Waals surface area contributed by atoms with Crippen LogP contribution in [0.25, 0.3) is 0 Å². The number of benzene rings is 1. The van der Waals surface area contributed by atoms with Crippen molar-refractivity contribution in [2.75, 3.05) is 20.4 Å². The van der Waals surface area contributed by atoms with Gasteiger partial charge in [0, 0.05) is 16.8 Å². The highest BCUT2D eigenvalue weighted by Gasteiger charge is 2.19. The van der Waals surface area contributed by atoms with E-state index in [-0.39, 0.29) is 6.04 Å². The van der Waals surface area contributed by atoms with Gasteiger partial charge in [0.15, 0.2) is 0 Å². The summed E-state index contributed by atoms with van der Waals surface area (Å²) in [6.07, 6.45) is 2.09. The number of hydrogen-bond acceptors (Lipinski definition) is 5. The smallest absolute Gasteiger partial charge is 0.115 e. The molecule has 0 radical (unpaired) electrons. The molecule has 0 amide bonds. The molecule has 2 rings (SSSR count). The lowest BCUT2D eigenvalue weighted by Crippen LogP contribution is -2.21. The van der Waals surface area contributed by atoms with Crippen LogP contribution in [-0.2, 0) is 6.54 Å². The molecule has 1 atom stereocenters. The van der Waals surface area contributed by atoms with Gasteiger partial charge in [-0.2, -0.15) is 0 Å². The van der Waals surface area contributed by atoms with Crippen molar-refractivity contribution in [1.82, 2.24) is 9.88 Å². The van der Waals surface area contributed by atoms with Crippen LogP contribution in [0.5, 0.6) is 0 Å². The number of aromatic nitrogens is 1. The average Bonchev–Trinajstić information content (AvgIpc) is 2.88. The monoisotopic (exact) mass is 293 g/mol. The van der Waals surface area contributed by atoms with E-state index in [0.29, 0.717) is 6.54 Å². The van der Waals surface area contributed by atoms with Crippen molar-refractivity contribution in [2.24, 2.45) is 5.73 Å². The fourth-order valence-corrected chi connectivity index (χ4v) is 3.45. The highest BCUT2D eigenvalue weighted by atomic mass is 32.2. The van der Waals surface area contributed by atoms with Crippen molar-refractivity contribution in [3.8, 4) is 0 Å². The molecule has 5 heteroatoms. The maximum Gasteiger partial charge on any atom is 0.115 e. The predicted molar refractivity (Wildman–Crippen MR) is 83.8 cm³/mol. The molecular formula is C14H19N3S2. The van der Waals surface area contributed by atoms with Crippen molar-refractivity contribution in [2.45, 2.75) is 17.5 Å². The van der Waals surface area contributed by atoms with Crippen molar-refractivity contribution in [3.05, 3.63) is 45.9 Å². The van der Waals surface area contributed by atoms with E-state index in [2.05, 4.69) is 54.5 Å². The zero-order valence-corrected chi connectivity index (χ0v) is 13.1.